The summed E-state index contributed by atoms with van der Waals surface area (Å²) in [7, 11) is 0. The molecule has 33 valence electrons. The van der Waals surface area contributed by atoms with Crippen LogP contribution in [-0.4, -0.2) is 12.4 Å². The van der Waals surface area contributed by atoms with Crippen LogP contribution < -0.4 is 0 Å². The van der Waals surface area contributed by atoms with Gasteiger partial charge in [0, 0.05) is 6.42 Å². The zero-order valence-corrected chi connectivity index (χ0v) is 3.31. The number of carbonyl (C=O) groups excluding carboxylic acids is 1. The largest absolute Gasteiger partial charge is 0.367 e. The minimum Gasteiger partial charge on any atom is -0.367 e. The molecule has 1 aliphatic rings. The predicted octanol–water partition coefficient (Wildman–Crippen LogP) is 0.138. The van der Waals surface area contributed by atoms with Gasteiger partial charge in [-0.15, -0.1) is 0 Å². The molecule has 2 heteroatoms. The van der Waals surface area contributed by atoms with Crippen LogP contribution in [0.3, 0.4) is 0 Å². The van der Waals surface area contributed by atoms with Gasteiger partial charge in [0.1, 0.15) is 6.61 Å². The lowest BCUT2D eigenvalue weighted by molar-refractivity contribution is -0.117. The van der Waals surface area contributed by atoms with Gasteiger partial charge in [-0.2, -0.15) is 0 Å². The molecule has 1 fully saturated rings. The molecule has 1 heterocycles. The standard InChI is InChI=1S/C4H5O2/c5-4-1-2-6-3-4/h2H,1,3H2. The molecule has 0 aromatic carbocycles. The zero-order valence-electron chi connectivity index (χ0n) is 3.31. The Kier molecular flexibility index (Phi) is 0.881. The second-order valence-corrected chi connectivity index (χ2v) is 1.22. The van der Waals surface area contributed by atoms with Crippen LogP contribution in [0, 0.1) is 6.61 Å². The van der Waals surface area contributed by atoms with Crippen LogP contribution in [0.1, 0.15) is 6.42 Å². The summed E-state index contributed by atoms with van der Waals surface area (Å²) in [5.74, 6) is 0.176. The second kappa shape index (κ2) is 1.39. The summed E-state index contributed by atoms with van der Waals surface area (Å²) in [6.07, 6.45) is 0.500. The van der Waals surface area contributed by atoms with Gasteiger partial charge in [-0.25, -0.2) is 0 Å². The van der Waals surface area contributed by atoms with Crippen LogP contribution in [0.5, 0.6) is 0 Å². The van der Waals surface area contributed by atoms with Gasteiger partial charge in [-0.3, -0.25) is 4.79 Å². The number of hydrogen-bond donors (Lipinski definition) is 0. The van der Waals surface area contributed by atoms with Gasteiger partial charge in [-0.05, 0) is 0 Å². The lowest BCUT2D eigenvalue weighted by Gasteiger charge is -1.74. The van der Waals surface area contributed by atoms with Crippen molar-refractivity contribution in [3.8, 4) is 0 Å². The molecule has 1 radical (unpaired) electrons. The normalized spacial score (nSPS) is 22.3. The van der Waals surface area contributed by atoms with Crippen LogP contribution in [-0.2, 0) is 9.53 Å². The molecule has 0 amide bonds. The highest BCUT2D eigenvalue weighted by Crippen LogP contribution is 1.99. The van der Waals surface area contributed by atoms with Crippen molar-refractivity contribution in [2.45, 2.75) is 6.42 Å². The molecule has 1 saturated heterocycles. The number of Topliss-reactive ketones (excluding diaryl/α,β-unsaturated/α-hetero) is 1. The van der Waals surface area contributed by atoms with E-state index < -0.39 is 0 Å². The first-order chi connectivity index (χ1) is 2.89. The number of carbonyl (C=O) groups is 1. The summed E-state index contributed by atoms with van der Waals surface area (Å²) in [6.45, 7) is 1.82. The van der Waals surface area contributed by atoms with Crippen molar-refractivity contribution in [3.63, 3.8) is 0 Å². The topological polar surface area (TPSA) is 26.3 Å². The highest BCUT2D eigenvalue weighted by atomic mass is 16.5. The molecule has 0 aromatic rings. The molecule has 0 bridgehead atoms. The van der Waals surface area contributed by atoms with Gasteiger partial charge in [-0.1, -0.05) is 0 Å². The SMILES string of the molecule is O=C1C[CH]OC1. The molecule has 0 saturated carbocycles. The Bertz CT molecular complexity index is 59.9. The maximum atomic E-state index is 10.1. The summed E-state index contributed by atoms with van der Waals surface area (Å²) >= 11 is 0. The van der Waals surface area contributed by atoms with E-state index in [9.17, 15) is 4.79 Å². The van der Waals surface area contributed by atoms with E-state index >= 15 is 0 Å². The van der Waals surface area contributed by atoms with E-state index in [0.29, 0.717) is 13.0 Å². The molecule has 0 N–H and O–H groups in total. The number of ether oxygens (including phenoxy) is 1. The fraction of sp³-hybridized carbons (Fsp3) is 0.500. The molecule has 6 heavy (non-hydrogen) atoms. The quantitative estimate of drug-likeness (QED) is 0.418. The lowest BCUT2D eigenvalue weighted by atomic mass is 10.4. The fourth-order valence-corrected chi connectivity index (χ4v) is 0.363. The summed E-state index contributed by atoms with van der Waals surface area (Å²) < 4.78 is 4.58. The first-order valence-electron chi connectivity index (χ1n) is 1.84. The van der Waals surface area contributed by atoms with Crippen LogP contribution in [0.4, 0.5) is 0 Å². The first kappa shape index (κ1) is 3.81. The molecule has 2 nitrogen and oxygen atoms in total. The number of ketones is 1. The van der Waals surface area contributed by atoms with Crippen molar-refractivity contribution < 1.29 is 9.53 Å². The monoisotopic (exact) mass is 85.0 g/mol. The van der Waals surface area contributed by atoms with Crippen molar-refractivity contribution in [1.29, 1.82) is 0 Å². The van der Waals surface area contributed by atoms with Gasteiger partial charge in [0.2, 0.25) is 0 Å². The van der Waals surface area contributed by atoms with Crippen LogP contribution in [0.15, 0.2) is 0 Å². The average molecular weight is 85.1 g/mol. The van der Waals surface area contributed by atoms with Crippen LogP contribution >= 0.6 is 0 Å². The molecular formula is C4H5O2. The van der Waals surface area contributed by atoms with Crippen LogP contribution in [0.25, 0.3) is 0 Å². The molecule has 1 aliphatic heterocycles. The average Bonchev–Trinajstić information content (AvgIpc) is 1.86. The smallest absolute Gasteiger partial charge is 0.161 e. The van der Waals surface area contributed by atoms with Crippen molar-refractivity contribution in [3.05, 3.63) is 6.61 Å². The lowest BCUT2D eigenvalue weighted by Crippen LogP contribution is -1.91. The molecule has 0 unspecified atom stereocenters. The summed E-state index contributed by atoms with van der Waals surface area (Å²) in [4.78, 5) is 10.1. The van der Waals surface area contributed by atoms with E-state index in [1.54, 1.807) is 0 Å². The Hall–Kier alpha value is -0.370. The third-order valence-corrected chi connectivity index (χ3v) is 0.673. The Morgan fingerprint density at radius 1 is 1.83 bits per heavy atom. The van der Waals surface area contributed by atoms with E-state index in [-0.39, 0.29) is 5.78 Å². The van der Waals surface area contributed by atoms with Crippen molar-refractivity contribution in [2.24, 2.45) is 0 Å². The summed E-state index contributed by atoms with van der Waals surface area (Å²) in [5, 5.41) is 0. The summed E-state index contributed by atoms with van der Waals surface area (Å²) in [6, 6.07) is 0. The molecule has 0 spiro atoms. The molecule has 0 aromatic heterocycles. The molecular weight excluding hydrogens is 80.0 g/mol. The number of rotatable bonds is 0. The van der Waals surface area contributed by atoms with Gasteiger partial charge in [0.25, 0.3) is 0 Å². The third-order valence-electron chi connectivity index (χ3n) is 0.673. The zero-order chi connectivity index (χ0) is 4.41. The van der Waals surface area contributed by atoms with Gasteiger partial charge in [0.15, 0.2) is 5.78 Å². The Balaban J connectivity index is 2.37. The molecule has 0 aliphatic carbocycles. The van der Waals surface area contributed by atoms with Crippen molar-refractivity contribution in [1.82, 2.24) is 0 Å². The Morgan fingerprint density at radius 2 is 2.67 bits per heavy atom. The van der Waals surface area contributed by atoms with Gasteiger partial charge >= 0.3 is 0 Å². The van der Waals surface area contributed by atoms with Crippen molar-refractivity contribution in [2.75, 3.05) is 6.61 Å². The Morgan fingerprint density at radius 3 is 2.83 bits per heavy atom. The highest BCUT2D eigenvalue weighted by molar-refractivity contribution is 5.82. The molecule has 1 rings (SSSR count). The van der Waals surface area contributed by atoms with Crippen molar-refractivity contribution >= 4 is 5.78 Å². The van der Waals surface area contributed by atoms with E-state index in [1.165, 1.54) is 6.61 Å². The minimum atomic E-state index is 0.176. The highest BCUT2D eigenvalue weighted by Gasteiger charge is 2.08. The molecule has 0 atom stereocenters. The van der Waals surface area contributed by atoms with Crippen LogP contribution in [0.2, 0.25) is 0 Å². The maximum absolute atomic E-state index is 10.1. The number of hydrogen-bond acceptors (Lipinski definition) is 2. The Labute approximate surface area is 36.1 Å². The minimum absolute atomic E-state index is 0.176. The fourth-order valence-electron chi connectivity index (χ4n) is 0.363. The van der Waals surface area contributed by atoms with E-state index in [2.05, 4.69) is 4.74 Å². The third kappa shape index (κ3) is 0.571. The maximum Gasteiger partial charge on any atom is 0.161 e. The van der Waals surface area contributed by atoms with Gasteiger partial charge < -0.3 is 4.74 Å². The van der Waals surface area contributed by atoms with E-state index in [1.807, 2.05) is 0 Å². The summed E-state index contributed by atoms with van der Waals surface area (Å²) in [5.41, 5.74) is 0. The first-order valence-corrected chi connectivity index (χ1v) is 1.84. The van der Waals surface area contributed by atoms with E-state index in [0.717, 1.165) is 0 Å². The predicted molar refractivity (Wildman–Crippen MR) is 19.9 cm³/mol. The second-order valence-electron chi connectivity index (χ2n) is 1.22. The van der Waals surface area contributed by atoms with Gasteiger partial charge in [0.05, 0.1) is 6.61 Å². The van der Waals surface area contributed by atoms with E-state index in [4.69, 9.17) is 0 Å².